The normalized spacial score (nSPS) is 14.0. The number of anilines is 1. The van der Waals surface area contributed by atoms with Gasteiger partial charge in [0, 0.05) is 18.1 Å². The molecule has 3 aromatic rings. The summed E-state index contributed by atoms with van der Waals surface area (Å²) in [6, 6.07) is 17.7. The molecule has 0 bridgehead atoms. The first-order valence-corrected chi connectivity index (χ1v) is 12.9. The Balaban J connectivity index is 1.27. The summed E-state index contributed by atoms with van der Waals surface area (Å²) >= 11 is 18.6. The van der Waals surface area contributed by atoms with Crippen molar-refractivity contribution in [3.63, 3.8) is 0 Å². The average molecular weight is 560 g/mol. The van der Waals surface area contributed by atoms with Crippen LogP contribution in [0.15, 0.2) is 60.7 Å². The van der Waals surface area contributed by atoms with Crippen molar-refractivity contribution in [3.05, 3.63) is 98.0 Å². The molecule has 0 aliphatic heterocycles. The van der Waals surface area contributed by atoms with Gasteiger partial charge in [0.1, 0.15) is 0 Å². The van der Waals surface area contributed by atoms with E-state index in [4.69, 9.17) is 34.8 Å². The first kappa shape index (κ1) is 26.8. The number of halogens is 3. The van der Waals surface area contributed by atoms with Crippen LogP contribution in [0.3, 0.4) is 0 Å². The third-order valence-electron chi connectivity index (χ3n) is 5.98. The fraction of sp³-hybridized carbons (Fsp3) is 0.222. The Kier molecular flexibility index (Phi) is 8.92. The number of aryl methyl sites for hydroxylation is 1. The molecule has 1 atom stereocenters. The monoisotopic (exact) mass is 558 g/mol. The topological polar surface area (TPSA) is 99.3 Å². The molecule has 0 unspecified atom stereocenters. The minimum atomic E-state index is -0.520. The van der Waals surface area contributed by atoms with Gasteiger partial charge in [-0.15, -0.1) is 0 Å². The lowest BCUT2D eigenvalue weighted by Crippen LogP contribution is -2.41. The summed E-state index contributed by atoms with van der Waals surface area (Å²) in [5, 5.41) is 11.8. The van der Waals surface area contributed by atoms with E-state index in [-0.39, 0.29) is 58.8 Å². The van der Waals surface area contributed by atoms with Gasteiger partial charge in [-0.05, 0) is 53.8 Å². The highest BCUT2D eigenvalue weighted by atomic mass is 35.5. The van der Waals surface area contributed by atoms with Crippen LogP contribution in [0.4, 0.5) is 10.5 Å². The molecular weight excluding hydrogens is 535 g/mol. The number of fused-ring (bicyclic) bond motifs is 1. The Hall–Kier alpha value is -3.26. The van der Waals surface area contributed by atoms with Crippen LogP contribution in [0.25, 0.3) is 0 Å². The number of urea groups is 1. The molecule has 7 nitrogen and oxygen atoms in total. The average Bonchev–Trinajstić information content (AvgIpc) is 3.26. The van der Waals surface area contributed by atoms with E-state index in [2.05, 4.69) is 27.3 Å². The molecule has 1 aliphatic carbocycles. The molecular formula is C27H25Cl3N4O3. The Morgan fingerprint density at radius 3 is 2.49 bits per heavy atom. The van der Waals surface area contributed by atoms with Gasteiger partial charge < -0.3 is 21.3 Å². The molecule has 192 valence electrons. The van der Waals surface area contributed by atoms with Crippen molar-refractivity contribution in [1.29, 1.82) is 0 Å². The highest BCUT2D eigenvalue weighted by Crippen LogP contribution is 2.32. The number of hydrogen-bond acceptors (Lipinski definition) is 3. The van der Waals surface area contributed by atoms with Crippen molar-refractivity contribution < 1.29 is 14.4 Å². The van der Waals surface area contributed by atoms with Crippen molar-refractivity contribution in [2.75, 3.05) is 18.4 Å². The first-order valence-electron chi connectivity index (χ1n) is 11.7. The standard InChI is InChI=1S/C27H25Cl3N4O3/c28-18-6-3-4-16(14-18)15-23(35)33-22-11-9-20(29)24(25(22)30)26(36)31-12-13-32-27(37)34-21-10-8-17-5-1-2-7-19(17)21/h1-7,9,11,14,21H,8,10,12-13,15H2,(H,31,36)(H,33,35)(H2,32,34,37)/t21-/m1/s1. The molecule has 0 fully saturated rings. The van der Waals surface area contributed by atoms with Gasteiger partial charge in [-0.3, -0.25) is 9.59 Å². The van der Waals surface area contributed by atoms with E-state index in [1.807, 2.05) is 18.2 Å². The van der Waals surface area contributed by atoms with Gasteiger partial charge in [-0.25, -0.2) is 4.79 Å². The molecule has 37 heavy (non-hydrogen) atoms. The number of amides is 4. The lowest BCUT2D eigenvalue weighted by Gasteiger charge is -2.15. The van der Waals surface area contributed by atoms with Crippen molar-refractivity contribution in [2.45, 2.75) is 25.3 Å². The van der Waals surface area contributed by atoms with Crippen molar-refractivity contribution in [2.24, 2.45) is 0 Å². The maximum Gasteiger partial charge on any atom is 0.315 e. The molecule has 4 N–H and O–H groups in total. The molecule has 0 heterocycles. The van der Waals surface area contributed by atoms with Gasteiger partial charge in [-0.2, -0.15) is 0 Å². The number of hydrogen-bond donors (Lipinski definition) is 4. The van der Waals surface area contributed by atoms with Crippen LogP contribution < -0.4 is 21.3 Å². The zero-order valence-electron chi connectivity index (χ0n) is 19.7. The second kappa shape index (κ2) is 12.3. The summed E-state index contributed by atoms with van der Waals surface area (Å²) in [5.74, 6) is -0.842. The van der Waals surface area contributed by atoms with Crippen LogP contribution in [0.2, 0.25) is 15.1 Å². The van der Waals surface area contributed by atoms with Crippen molar-refractivity contribution in [1.82, 2.24) is 16.0 Å². The SMILES string of the molecule is O=C(Cc1cccc(Cl)c1)Nc1ccc(Cl)c(C(=O)NCCNC(=O)N[C@@H]2CCc3ccccc32)c1Cl. The predicted molar refractivity (Wildman–Crippen MR) is 147 cm³/mol. The maximum atomic E-state index is 12.8. The summed E-state index contributed by atoms with van der Waals surface area (Å²) in [5.41, 5.74) is 3.42. The minimum Gasteiger partial charge on any atom is -0.350 e. The molecule has 0 radical (unpaired) electrons. The van der Waals surface area contributed by atoms with Gasteiger partial charge in [0.15, 0.2) is 0 Å². The van der Waals surface area contributed by atoms with Crippen LogP contribution in [-0.2, 0) is 17.6 Å². The van der Waals surface area contributed by atoms with Crippen LogP contribution in [0, 0.1) is 0 Å². The number of rotatable bonds is 8. The van der Waals surface area contributed by atoms with Gasteiger partial charge in [0.2, 0.25) is 5.91 Å². The molecule has 0 saturated carbocycles. The molecule has 0 aromatic heterocycles. The van der Waals surface area contributed by atoms with E-state index in [0.29, 0.717) is 5.02 Å². The van der Waals surface area contributed by atoms with E-state index >= 15 is 0 Å². The van der Waals surface area contributed by atoms with Crippen LogP contribution in [-0.4, -0.2) is 30.9 Å². The van der Waals surface area contributed by atoms with Gasteiger partial charge in [0.05, 0.1) is 33.8 Å². The fourth-order valence-electron chi connectivity index (χ4n) is 4.24. The van der Waals surface area contributed by atoms with Crippen molar-refractivity contribution >= 4 is 58.3 Å². The molecule has 4 rings (SSSR count). The van der Waals surface area contributed by atoms with Gasteiger partial charge >= 0.3 is 6.03 Å². The van der Waals surface area contributed by atoms with E-state index in [1.54, 1.807) is 24.3 Å². The number of carbonyl (C=O) groups is 3. The lowest BCUT2D eigenvalue weighted by atomic mass is 10.1. The third kappa shape index (κ3) is 6.95. The Bertz CT molecular complexity index is 1330. The number of nitrogens with one attached hydrogen (secondary N) is 4. The first-order chi connectivity index (χ1) is 17.8. The highest BCUT2D eigenvalue weighted by Gasteiger charge is 2.23. The zero-order valence-corrected chi connectivity index (χ0v) is 22.0. The Morgan fingerprint density at radius 1 is 0.892 bits per heavy atom. The van der Waals surface area contributed by atoms with Crippen LogP contribution in [0.5, 0.6) is 0 Å². The molecule has 4 amide bonds. The maximum absolute atomic E-state index is 12.8. The molecule has 0 saturated heterocycles. The quantitative estimate of drug-likeness (QED) is 0.273. The lowest BCUT2D eigenvalue weighted by molar-refractivity contribution is -0.115. The van der Waals surface area contributed by atoms with E-state index < -0.39 is 5.91 Å². The predicted octanol–water partition coefficient (Wildman–Crippen LogP) is 5.54. The second-order valence-corrected chi connectivity index (χ2v) is 9.81. The zero-order chi connectivity index (χ0) is 26.4. The third-order valence-corrected chi connectivity index (χ3v) is 6.92. The smallest absolute Gasteiger partial charge is 0.315 e. The minimum absolute atomic E-state index is 0.0232. The second-order valence-electron chi connectivity index (χ2n) is 8.59. The van der Waals surface area contributed by atoms with Crippen molar-refractivity contribution in [3.8, 4) is 0 Å². The Labute approximate surface area is 229 Å². The van der Waals surface area contributed by atoms with E-state index in [9.17, 15) is 14.4 Å². The summed E-state index contributed by atoms with van der Waals surface area (Å²) in [4.78, 5) is 37.6. The summed E-state index contributed by atoms with van der Waals surface area (Å²) < 4.78 is 0. The summed E-state index contributed by atoms with van der Waals surface area (Å²) in [7, 11) is 0. The summed E-state index contributed by atoms with van der Waals surface area (Å²) in [6.45, 7) is 0.364. The number of benzene rings is 3. The number of carbonyl (C=O) groups excluding carboxylic acids is 3. The molecule has 0 spiro atoms. The molecule has 10 heteroatoms. The van der Waals surface area contributed by atoms with E-state index in [1.165, 1.54) is 17.7 Å². The highest BCUT2D eigenvalue weighted by molar-refractivity contribution is 6.41. The Morgan fingerprint density at radius 2 is 1.68 bits per heavy atom. The van der Waals surface area contributed by atoms with Crippen LogP contribution >= 0.6 is 34.8 Å². The largest absolute Gasteiger partial charge is 0.350 e. The fourth-order valence-corrected chi connectivity index (χ4v) is 5.04. The molecule has 3 aromatic carbocycles. The summed E-state index contributed by atoms with van der Waals surface area (Å²) in [6.07, 6.45) is 1.87. The molecule has 1 aliphatic rings. The van der Waals surface area contributed by atoms with Gasteiger partial charge in [0.25, 0.3) is 5.91 Å². The van der Waals surface area contributed by atoms with Crippen LogP contribution in [0.1, 0.15) is 39.5 Å². The van der Waals surface area contributed by atoms with Gasteiger partial charge in [-0.1, -0.05) is 71.2 Å². The van der Waals surface area contributed by atoms with E-state index in [0.717, 1.165) is 24.0 Å².